The minimum absolute atomic E-state index is 0.260. The molecule has 0 radical (unpaired) electrons. The number of aromatic nitrogens is 2. The molecular weight excluding hydrogens is 250 g/mol. The van der Waals surface area contributed by atoms with Crippen LogP contribution in [0.5, 0.6) is 0 Å². The lowest BCUT2D eigenvalue weighted by atomic mass is 10.2. The number of carbonyl (C=O) groups excluding carboxylic acids is 1. The van der Waals surface area contributed by atoms with Crippen LogP contribution in [-0.2, 0) is 16.6 Å². The number of nitrogens with one attached hydrogen (secondary N) is 1. The summed E-state index contributed by atoms with van der Waals surface area (Å²) in [5, 5.41) is 11.4. The Balaban J connectivity index is 2.79. The zero-order chi connectivity index (χ0) is 14.6. The number of amides is 1. The van der Waals surface area contributed by atoms with Crippen molar-refractivity contribution < 1.29 is 19.4 Å². The largest absolute Gasteiger partial charge is 0.481 e. The van der Waals surface area contributed by atoms with Crippen LogP contribution in [0.15, 0.2) is 12.4 Å². The van der Waals surface area contributed by atoms with Gasteiger partial charge in [0.25, 0.3) is 0 Å². The van der Waals surface area contributed by atoms with Gasteiger partial charge in [0.2, 0.25) is 0 Å². The van der Waals surface area contributed by atoms with Crippen molar-refractivity contribution in [2.45, 2.75) is 38.8 Å². The Morgan fingerprint density at radius 2 is 2.16 bits per heavy atom. The lowest BCUT2D eigenvalue weighted by Crippen LogP contribution is -2.36. The van der Waals surface area contributed by atoms with Crippen LogP contribution in [0.3, 0.4) is 0 Å². The number of hydrogen-bond acceptors (Lipinski definition) is 4. The third-order valence-electron chi connectivity index (χ3n) is 2.24. The van der Waals surface area contributed by atoms with Gasteiger partial charge in [-0.2, -0.15) is 0 Å². The maximum Gasteiger partial charge on any atom is 0.408 e. The number of aryl methyl sites for hydroxylation is 1. The van der Waals surface area contributed by atoms with E-state index < -0.39 is 23.7 Å². The molecule has 1 aromatic rings. The van der Waals surface area contributed by atoms with Crippen LogP contribution in [0, 0.1) is 0 Å². The van der Waals surface area contributed by atoms with E-state index in [1.54, 1.807) is 44.8 Å². The summed E-state index contributed by atoms with van der Waals surface area (Å²) in [6.07, 6.45) is 2.30. The van der Waals surface area contributed by atoms with E-state index in [9.17, 15) is 9.59 Å². The lowest BCUT2D eigenvalue weighted by molar-refractivity contribution is -0.137. The SMILES string of the molecule is Cn1ccnc1C(CC(=O)O)NC(=O)OC(C)(C)C. The first-order chi connectivity index (χ1) is 8.69. The standard InChI is InChI=1S/C12H19N3O4/c1-12(2,3)19-11(18)14-8(7-9(16)17)10-13-5-6-15(10)4/h5-6,8H,7H2,1-4H3,(H,14,18)(H,16,17). The Morgan fingerprint density at radius 3 is 2.58 bits per heavy atom. The Morgan fingerprint density at radius 1 is 1.53 bits per heavy atom. The molecule has 0 spiro atoms. The number of imidazole rings is 1. The summed E-state index contributed by atoms with van der Waals surface area (Å²) in [6.45, 7) is 5.21. The van der Waals surface area contributed by atoms with Crippen LogP contribution in [-0.4, -0.2) is 32.3 Å². The zero-order valence-corrected chi connectivity index (χ0v) is 11.5. The monoisotopic (exact) mass is 269 g/mol. The van der Waals surface area contributed by atoms with E-state index in [1.807, 2.05) is 0 Å². The van der Waals surface area contributed by atoms with Crippen molar-refractivity contribution in [1.29, 1.82) is 0 Å². The molecule has 19 heavy (non-hydrogen) atoms. The Hall–Kier alpha value is -2.05. The van der Waals surface area contributed by atoms with Gasteiger partial charge in [0.15, 0.2) is 0 Å². The average Bonchev–Trinajstić information content (AvgIpc) is 2.59. The highest BCUT2D eigenvalue weighted by atomic mass is 16.6. The second-order valence-electron chi connectivity index (χ2n) is 5.19. The first-order valence-corrected chi connectivity index (χ1v) is 5.87. The van der Waals surface area contributed by atoms with E-state index in [4.69, 9.17) is 9.84 Å². The molecule has 1 heterocycles. The van der Waals surface area contributed by atoms with Crippen LogP contribution < -0.4 is 5.32 Å². The molecule has 1 atom stereocenters. The van der Waals surface area contributed by atoms with Crippen molar-refractivity contribution in [3.8, 4) is 0 Å². The molecule has 0 aromatic carbocycles. The third-order valence-corrected chi connectivity index (χ3v) is 2.24. The first-order valence-electron chi connectivity index (χ1n) is 5.87. The van der Waals surface area contributed by atoms with Gasteiger partial charge in [-0.1, -0.05) is 0 Å². The summed E-state index contributed by atoms with van der Waals surface area (Å²) in [4.78, 5) is 26.6. The van der Waals surface area contributed by atoms with Gasteiger partial charge in [0, 0.05) is 19.4 Å². The molecule has 1 unspecified atom stereocenters. The van der Waals surface area contributed by atoms with Gasteiger partial charge in [-0.3, -0.25) is 4.79 Å². The molecule has 0 aliphatic heterocycles. The smallest absolute Gasteiger partial charge is 0.408 e. The van der Waals surface area contributed by atoms with Gasteiger partial charge < -0.3 is 19.7 Å². The molecular formula is C12H19N3O4. The van der Waals surface area contributed by atoms with E-state index >= 15 is 0 Å². The fourth-order valence-electron chi connectivity index (χ4n) is 1.54. The number of hydrogen-bond donors (Lipinski definition) is 2. The Kier molecular flexibility index (Phi) is 4.52. The number of carbonyl (C=O) groups is 2. The number of nitrogens with zero attached hydrogens (tertiary/aromatic N) is 2. The number of alkyl carbamates (subject to hydrolysis) is 1. The second-order valence-corrected chi connectivity index (χ2v) is 5.19. The van der Waals surface area contributed by atoms with Crippen LogP contribution in [0.4, 0.5) is 4.79 Å². The average molecular weight is 269 g/mol. The molecule has 0 aliphatic rings. The zero-order valence-electron chi connectivity index (χ0n) is 11.5. The quantitative estimate of drug-likeness (QED) is 0.863. The lowest BCUT2D eigenvalue weighted by Gasteiger charge is -2.22. The molecule has 0 fully saturated rings. The van der Waals surface area contributed by atoms with Crippen molar-refractivity contribution >= 4 is 12.1 Å². The molecule has 106 valence electrons. The number of aliphatic carboxylic acids is 1. The molecule has 0 bridgehead atoms. The molecule has 0 aliphatic carbocycles. The van der Waals surface area contributed by atoms with Crippen molar-refractivity contribution in [1.82, 2.24) is 14.9 Å². The summed E-state index contributed by atoms with van der Waals surface area (Å²) in [6, 6.07) is -0.729. The van der Waals surface area contributed by atoms with Gasteiger partial charge in [-0.05, 0) is 20.8 Å². The molecule has 1 rings (SSSR count). The van der Waals surface area contributed by atoms with Gasteiger partial charge in [0.05, 0.1) is 6.42 Å². The van der Waals surface area contributed by atoms with Crippen LogP contribution >= 0.6 is 0 Å². The molecule has 1 amide bonds. The Labute approximate surface area is 111 Å². The van der Waals surface area contributed by atoms with Crippen molar-refractivity contribution in [2.75, 3.05) is 0 Å². The van der Waals surface area contributed by atoms with Gasteiger partial charge >= 0.3 is 12.1 Å². The van der Waals surface area contributed by atoms with Crippen molar-refractivity contribution in [3.63, 3.8) is 0 Å². The number of rotatable bonds is 4. The van der Waals surface area contributed by atoms with Gasteiger partial charge in [0.1, 0.15) is 17.5 Å². The third kappa shape index (κ3) is 4.99. The highest BCUT2D eigenvalue weighted by Gasteiger charge is 2.24. The minimum atomic E-state index is -1.02. The highest BCUT2D eigenvalue weighted by Crippen LogP contribution is 2.16. The molecule has 0 saturated carbocycles. The molecule has 7 nitrogen and oxygen atoms in total. The summed E-state index contributed by atoms with van der Waals surface area (Å²) < 4.78 is 6.77. The van der Waals surface area contributed by atoms with Crippen molar-refractivity contribution in [3.05, 3.63) is 18.2 Å². The van der Waals surface area contributed by atoms with Crippen LogP contribution in [0.2, 0.25) is 0 Å². The van der Waals surface area contributed by atoms with Crippen LogP contribution in [0.25, 0.3) is 0 Å². The maximum atomic E-state index is 11.7. The molecule has 2 N–H and O–H groups in total. The van der Waals surface area contributed by atoms with E-state index in [1.165, 1.54) is 0 Å². The maximum absolute atomic E-state index is 11.7. The van der Waals surface area contributed by atoms with Crippen LogP contribution in [0.1, 0.15) is 39.1 Å². The molecule has 1 aromatic heterocycles. The van der Waals surface area contributed by atoms with E-state index in [0.29, 0.717) is 5.82 Å². The second kappa shape index (κ2) is 5.73. The minimum Gasteiger partial charge on any atom is -0.481 e. The van der Waals surface area contributed by atoms with Crippen molar-refractivity contribution in [2.24, 2.45) is 7.05 Å². The van der Waals surface area contributed by atoms with Gasteiger partial charge in [-0.15, -0.1) is 0 Å². The highest BCUT2D eigenvalue weighted by molar-refractivity contribution is 5.71. The molecule has 0 saturated heterocycles. The summed E-state index contributed by atoms with van der Waals surface area (Å²) in [5.74, 6) is -0.558. The van der Waals surface area contributed by atoms with E-state index in [0.717, 1.165) is 0 Å². The normalized spacial score (nSPS) is 12.8. The Bertz CT molecular complexity index is 462. The first kappa shape index (κ1) is 15.0. The number of ether oxygens (including phenoxy) is 1. The predicted octanol–water partition coefficient (Wildman–Crippen LogP) is 1.46. The van der Waals surface area contributed by atoms with E-state index in [-0.39, 0.29) is 6.42 Å². The summed E-state index contributed by atoms with van der Waals surface area (Å²) in [7, 11) is 1.73. The fourth-order valence-corrected chi connectivity index (χ4v) is 1.54. The number of carboxylic acid groups (broad SMARTS) is 1. The summed E-state index contributed by atoms with van der Waals surface area (Å²) in [5.41, 5.74) is -0.639. The predicted molar refractivity (Wildman–Crippen MR) is 67.6 cm³/mol. The van der Waals surface area contributed by atoms with Gasteiger partial charge in [-0.25, -0.2) is 9.78 Å². The topological polar surface area (TPSA) is 93.5 Å². The fraction of sp³-hybridized carbons (Fsp3) is 0.583. The summed E-state index contributed by atoms with van der Waals surface area (Å²) >= 11 is 0. The number of carboxylic acids is 1. The molecule has 7 heteroatoms. The van der Waals surface area contributed by atoms with E-state index in [2.05, 4.69) is 10.3 Å².